The molecule has 0 unspecified atom stereocenters. The minimum atomic E-state index is -1.59. The van der Waals surface area contributed by atoms with E-state index < -0.39 is 5.60 Å². The first-order valence-electron chi connectivity index (χ1n) is 10.9. The van der Waals surface area contributed by atoms with Crippen LogP contribution in [0.15, 0.2) is 79.3 Å². The number of aromatic amines is 1. The van der Waals surface area contributed by atoms with Crippen LogP contribution in [0.2, 0.25) is 0 Å². The lowest BCUT2D eigenvalue weighted by molar-refractivity contribution is 0.121. The van der Waals surface area contributed by atoms with Crippen LogP contribution in [0.1, 0.15) is 33.6 Å². The molecule has 1 aliphatic heterocycles. The molecule has 2 N–H and O–H groups in total. The maximum Gasteiger partial charge on any atom is 0.156 e. The standard InChI is InChI=1S/C28H17N5O2/c29-12-18-4-5-20-8-19(18)15-35-23-3-1-2-17(9-23)24-11-22(13-30)33-26-7-6-21(10-25(24)26)28(20,34)27-14-31-16-32-27/h1-11,14,16,34H,15H2,(H,31,32)/t28-/m0/s1. The predicted octanol–water partition coefficient (Wildman–Crippen LogP) is 4.54. The van der Waals surface area contributed by atoms with Gasteiger partial charge in [0.15, 0.2) is 5.60 Å². The molecular formula is C28H17N5O2. The number of pyridine rings is 1. The number of ether oxygens (including phenoxy) is 1. The second-order valence-corrected chi connectivity index (χ2v) is 8.37. The Kier molecular flexibility index (Phi) is 4.60. The maximum absolute atomic E-state index is 12.3. The summed E-state index contributed by atoms with van der Waals surface area (Å²) in [7, 11) is 0. The van der Waals surface area contributed by atoms with E-state index in [1.54, 1.807) is 42.6 Å². The predicted molar refractivity (Wildman–Crippen MR) is 128 cm³/mol. The topological polar surface area (TPSA) is 119 Å². The number of H-pyrrole nitrogens is 1. The minimum Gasteiger partial charge on any atom is -0.489 e. The molecule has 1 aliphatic rings. The summed E-state index contributed by atoms with van der Waals surface area (Å²) >= 11 is 0. The lowest BCUT2D eigenvalue weighted by Crippen LogP contribution is -2.29. The van der Waals surface area contributed by atoms with Crippen molar-refractivity contribution in [3.8, 4) is 29.0 Å². The molecule has 0 saturated carbocycles. The lowest BCUT2D eigenvalue weighted by atomic mass is 9.81. The van der Waals surface area contributed by atoms with Gasteiger partial charge in [-0.25, -0.2) is 9.97 Å². The average Bonchev–Trinajstić information content (AvgIpc) is 3.46. The number of nitriles is 2. The Balaban J connectivity index is 1.73. The van der Waals surface area contributed by atoms with Gasteiger partial charge in [0.25, 0.3) is 0 Å². The van der Waals surface area contributed by atoms with Gasteiger partial charge in [-0.1, -0.05) is 24.3 Å². The van der Waals surface area contributed by atoms with Crippen LogP contribution in [-0.4, -0.2) is 20.1 Å². The molecule has 0 saturated heterocycles. The smallest absolute Gasteiger partial charge is 0.156 e. The van der Waals surface area contributed by atoms with Crippen molar-refractivity contribution in [3.05, 3.63) is 113 Å². The van der Waals surface area contributed by atoms with Gasteiger partial charge < -0.3 is 14.8 Å². The van der Waals surface area contributed by atoms with Gasteiger partial charge in [0.05, 0.1) is 35.4 Å². The molecule has 5 aromatic rings. The van der Waals surface area contributed by atoms with Crippen LogP contribution in [0.5, 0.6) is 5.75 Å². The number of aromatic nitrogens is 3. The van der Waals surface area contributed by atoms with Gasteiger partial charge in [0, 0.05) is 10.9 Å². The average molecular weight is 455 g/mol. The highest BCUT2D eigenvalue weighted by Gasteiger charge is 2.36. The molecule has 2 aromatic heterocycles. The number of hydrogen-bond donors (Lipinski definition) is 2. The highest BCUT2D eigenvalue weighted by Crippen LogP contribution is 2.40. The number of hydrogen-bond acceptors (Lipinski definition) is 6. The number of aliphatic hydroxyl groups is 1. The van der Waals surface area contributed by atoms with Crippen LogP contribution >= 0.6 is 0 Å². The summed E-state index contributed by atoms with van der Waals surface area (Å²) in [5.41, 5.74) is 3.74. The minimum absolute atomic E-state index is 0.145. The van der Waals surface area contributed by atoms with Crippen molar-refractivity contribution < 1.29 is 9.84 Å². The first kappa shape index (κ1) is 20.6. The first-order chi connectivity index (χ1) is 17.1. The fourth-order valence-corrected chi connectivity index (χ4v) is 4.64. The van der Waals surface area contributed by atoms with E-state index >= 15 is 0 Å². The van der Waals surface area contributed by atoms with Crippen LogP contribution < -0.4 is 4.74 Å². The molecule has 0 amide bonds. The van der Waals surface area contributed by atoms with Gasteiger partial charge in [0.2, 0.25) is 0 Å². The zero-order valence-corrected chi connectivity index (χ0v) is 18.4. The second kappa shape index (κ2) is 7.81. The van der Waals surface area contributed by atoms with E-state index in [0.29, 0.717) is 44.9 Å². The fourth-order valence-electron chi connectivity index (χ4n) is 4.64. The summed E-state index contributed by atoms with van der Waals surface area (Å²) < 4.78 is 6.08. The zero-order chi connectivity index (χ0) is 24.0. The Morgan fingerprint density at radius 3 is 2.63 bits per heavy atom. The molecule has 6 bridgehead atoms. The van der Waals surface area contributed by atoms with Crippen molar-refractivity contribution >= 4 is 10.9 Å². The third-order valence-corrected chi connectivity index (χ3v) is 6.41. The molecule has 166 valence electrons. The number of nitrogens with zero attached hydrogens (tertiary/aromatic N) is 4. The van der Waals surface area contributed by atoms with E-state index in [1.807, 2.05) is 30.3 Å². The molecule has 7 heteroatoms. The highest BCUT2D eigenvalue weighted by atomic mass is 16.5. The SMILES string of the molecule is N#Cc1cc2c3cc(ccc3n1)[C@](O)(c1cnc[nH]1)c1ccc(C#N)c(c1)COc1cccc-2c1. The van der Waals surface area contributed by atoms with Crippen molar-refractivity contribution in [1.29, 1.82) is 10.5 Å². The molecule has 7 nitrogen and oxygen atoms in total. The Labute approximate surface area is 200 Å². The molecule has 0 radical (unpaired) electrons. The van der Waals surface area contributed by atoms with Crippen molar-refractivity contribution in [3.63, 3.8) is 0 Å². The Hall–Kier alpha value is -4.98. The van der Waals surface area contributed by atoms with E-state index in [0.717, 1.165) is 16.5 Å². The van der Waals surface area contributed by atoms with E-state index in [1.165, 1.54) is 6.33 Å². The molecule has 0 fully saturated rings. The lowest BCUT2D eigenvalue weighted by Gasteiger charge is -2.29. The number of fused-ring (bicyclic) bond motifs is 6. The molecule has 1 atom stereocenters. The van der Waals surface area contributed by atoms with E-state index in [-0.39, 0.29) is 6.61 Å². The third kappa shape index (κ3) is 3.23. The summed E-state index contributed by atoms with van der Waals surface area (Å²) in [5, 5.41) is 32.3. The summed E-state index contributed by atoms with van der Waals surface area (Å²) in [6, 6.07) is 24.4. The van der Waals surface area contributed by atoms with Crippen LogP contribution in [0.3, 0.4) is 0 Å². The summed E-state index contributed by atoms with van der Waals surface area (Å²) in [6.45, 7) is 0.145. The molecule has 3 aromatic carbocycles. The number of imidazole rings is 1. The monoisotopic (exact) mass is 455 g/mol. The highest BCUT2D eigenvalue weighted by molar-refractivity contribution is 5.96. The van der Waals surface area contributed by atoms with Gasteiger partial charge in [-0.05, 0) is 64.7 Å². The largest absolute Gasteiger partial charge is 0.489 e. The normalized spacial score (nSPS) is 16.3. The van der Waals surface area contributed by atoms with Crippen molar-refractivity contribution in [2.75, 3.05) is 0 Å². The van der Waals surface area contributed by atoms with Crippen LogP contribution in [0.25, 0.3) is 22.0 Å². The van der Waals surface area contributed by atoms with Gasteiger partial charge >= 0.3 is 0 Å². The zero-order valence-electron chi connectivity index (χ0n) is 18.4. The molecular weight excluding hydrogens is 438 g/mol. The van der Waals surface area contributed by atoms with Crippen molar-refractivity contribution in [1.82, 2.24) is 15.0 Å². The molecule has 0 aliphatic carbocycles. The Morgan fingerprint density at radius 2 is 1.83 bits per heavy atom. The number of nitrogens with one attached hydrogen (secondary N) is 1. The maximum atomic E-state index is 12.3. The van der Waals surface area contributed by atoms with Crippen molar-refractivity contribution in [2.45, 2.75) is 12.2 Å². The first-order valence-corrected chi connectivity index (χ1v) is 10.9. The van der Waals surface area contributed by atoms with Gasteiger partial charge in [-0.3, -0.25) is 0 Å². The van der Waals surface area contributed by atoms with E-state index in [4.69, 9.17) is 4.74 Å². The molecule has 3 heterocycles. The Morgan fingerprint density at radius 1 is 0.971 bits per heavy atom. The number of benzene rings is 3. The van der Waals surface area contributed by atoms with Crippen LogP contribution in [0, 0.1) is 22.7 Å². The summed E-state index contributed by atoms with van der Waals surface area (Å²) in [6.07, 6.45) is 3.10. The number of rotatable bonds is 1. The van der Waals surface area contributed by atoms with Gasteiger partial charge in [-0.15, -0.1) is 0 Å². The second-order valence-electron chi connectivity index (χ2n) is 8.37. The molecule has 35 heavy (non-hydrogen) atoms. The summed E-state index contributed by atoms with van der Waals surface area (Å²) in [4.78, 5) is 11.7. The molecule has 6 rings (SSSR count). The van der Waals surface area contributed by atoms with Crippen LogP contribution in [-0.2, 0) is 12.2 Å². The van der Waals surface area contributed by atoms with E-state index in [9.17, 15) is 15.6 Å². The fraction of sp³-hybridized carbons (Fsp3) is 0.0714. The van der Waals surface area contributed by atoms with Gasteiger partial charge in [-0.2, -0.15) is 10.5 Å². The summed E-state index contributed by atoms with van der Waals surface area (Å²) in [5.74, 6) is 0.625. The van der Waals surface area contributed by atoms with Crippen LogP contribution in [0.4, 0.5) is 0 Å². The third-order valence-electron chi connectivity index (χ3n) is 6.41. The molecule has 0 spiro atoms. The quantitative estimate of drug-likeness (QED) is 0.383. The van der Waals surface area contributed by atoms with Gasteiger partial charge in [0.1, 0.15) is 24.1 Å². The van der Waals surface area contributed by atoms with E-state index in [2.05, 4.69) is 27.1 Å². The van der Waals surface area contributed by atoms with Crippen molar-refractivity contribution in [2.24, 2.45) is 0 Å². The Bertz CT molecular complexity index is 1700.